The Morgan fingerprint density at radius 3 is 2.69 bits per heavy atom. The highest BCUT2D eigenvalue weighted by molar-refractivity contribution is 7.92. The van der Waals surface area contributed by atoms with Crippen LogP contribution in [-0.2, 0) is 21.0 Å². The van der Waals surface area contributed by atoms with Gasteiger partial charge in [0, 0.05) is 29.5 Å². The van der Waals surface area contributed by atoms with Crippen LogP contribution in [0.5, 0.6) is 0 Å². The predicted molar refractivity (Wildman–Crippen MR) is 130 cm³/mol. The summed E-state index contributed by atoms with van der Waals surface area (Å²) in [6, 6.07) is 7.46. The van der Waals surface area contributed by atoms with E-state index in [2.05, 4.69) is 24.8 Å². The Morgan fingerprint density at radius 2 is 1.97 bits per heavy atom. The normalized spacial score (nSPS) is 12.7. The molecule has 4 aromatic rings. The van der Waals surface area contributed by atoms with Crippen LogP contribution in [0.1, 0.15) is 29.3 Å². The smallest absolute Gasteiger partial charge is 0.396 e. The molecule has 2 N–H and O–H groups in total. The minimum absolute atomic E-state index is 0.0493. The van der Waals surface area contributed by atoms with Crippen LogP contribution in [0.4, 0.5) is 18.9 Å². The molecule has 4 rings (SSSR count). The SMILES string of the molecule is CCON=C(c1ncc(Cl)cc1NS(=O)(=O)c1ccc(C)c(C(F)(F)F)c1)c1ccnc2[nH]ccc12. The Bertz CT molecular complexity index is 1570. The highest BCUT2D eigenvalue weighted by atomic mass is 35.5. The van der Waals surface area contributed by atoms with Gasteiger partial charge in [-0.25, -0.2) is 13.4 Å². The van der Waals surface area contributed by atoms with Crippen molar-refractivity contribution in [1.82, 2.24) is 15.0 Å². The molecule has 0 spiro atoms. The third-order valence-corrected chi connectivity index (χ3v) is 6.72. The molecule has 0 aliphatic carbocycles. The molecule has 0 amide bonds. The summed E-state index contributed by atoms with van der Waals surface area (Å²) in [5, 5.41) is 4.90. The first-order chi connectivity index (χ1) is 17.0. The van der Waals surface area contributed by atoms with E-state index in [1.165, 1.54) is 25.4 Å². The van der Waals surface area contributed by atoms with Crippen LogP contribution in [0.15, 0.2) is 65.0 Å². The maximum Gasteiger partial charge on any atom is 0.416 e. The van der Waals surface area contributed by atoms with E-state index in [0.29, 0.717) is 22.7 Å². The van der Waals surface area contributed by atoms with Crippen molar-refractivity contribution in [2.45, 2.75) is 24.9 Å². The fraction of sp³-hybridized carbons (Fsp3) is 0.174. The lowest BCUT2D eigenvalue weighted by Gasteiger charge is -2.16. The van der Waals surface area contributed by atoms with E-state index in [4.69, 9.17) is 16.4 Å². The number of halogens is 4. The number of oxime groups is 1. The molecule has 1 aromatic carbocycles. The Morgan fingerprint density at radius 1 is 1.19 bits per heavy atom. The number of nitrogens with one attached hydrogen (secondary N) is 2. The van der Waals surface area contributed by atoms with E-state index < -0.39 is 26.7 Å². The summed E-state index contributed by atoms with van der Waals surface area (Å²) in [5.41, 5.74) is 0.0275. The zero-order valence-electron chi connectivity index (χ0n) is 18.9. The molecule has 0 atom stereocenters. The van der Waals surface area contributed by atoms with E-state index in [9.17, 15) is 21.6 Å². The van der Waals surface area contributed by atoms with Crippen LogP contribution < -0.4 is 4.72 Å². The molecule has 0 unspecified atom stereocenters. The monoisotopic (exact) mass is 537 g/mol. The van der Waals surface area contributed by atoms with Crippen LogP contribution in [0.2, 0.25) is 5.02 Å². The molecular formula is C23H19ClF3N5O3S. The first-order valence-corrected chi connectivity index (χ1v) is 12.4. The fourth-order valence-electron chi connectivity index (χ4n) is 3.50. The summed E-state index contributed by atoms with van der Waals surface area (Å²) in [6.07, 6.45) is -0.230. The van der Waals surface area contributed by atoms with Crippen molar-refractivity contribution in [1.29, 1.82) is 0 Å². The number of aromatic amines is 1. The number of alkyl halides is 3. The lowest BCUT2D eigenvalue weighted by atomic mass is 10.0. The third kappa shape index (κ3) is 5.14. The zero-order valence-corrected chi connectivity index (χ0v) is 20.5. The van der Waals surface area contributed by atoms with Crippen LogP contribution in [0, 0.1) is 6.92 Å². The van der Waals surface area contributed by atoms with Gasteiger partial charge in [-0.3, -0.25) is 9.71 Å². The second-order valence-corrected chi connectivity index (χ2v) is 9.70. The average molecular weight is 538 g/mol. The van der Waals surface area contributed by atoms with Crippen molar-refractivity contribution in [2.75, 3.05) is 11.3 Å². The molecule has 0 aliphatic rings. The number of aromatic nitrogens is 3. The number of sulfonamides is 1. The van der Waals surface area contributed by atoms with Gasteiger partial charge in [-0.2, -0.15) is 13.2 Å². The Kier molecular flexibility index (Phi) is 6.92. The van der Waals surface area contributed by atoms with Crippen molar-refractivity contribution in [3.8, 4) is 0 Å². The van der Waals surface area contributed by atoms with E-state index in [1.807, 2.05) is 0 Å². The summed E-state index contributed by atoms with van der Waals surface area (Å²) in [4.78, 5) is 16.2. The van der Waals surface area contributed by atoms with Crippen molar-refractivity contribution in [2.24, 2.45) is 5.16 Å². The predicted octanol–water partition coefficient (Wildman–Crippen LogP) is 5.53. The first kappa shape index (κ1) is 25.5. The zero-order chi connectivity index (χ0) is 26.1. The maximum absolute atomic E-state index is 13.4. The van der Waals surface area contributed by atoms with Gasteiger partial charge in [0.2, 0.25) is 0 Å². The van der Waals surface area contributed by atoms with E-state index in [0.717, 1.165) is 12.1 Å². The molecule has 36 heavy (non-hydrogen) atoms. The minimum atomic E-state index is -4.72. The number of hydrogen-bond donors (Lipinski definition) is 2. The summed E-state index contributed by atoms with van der Waals surface area (Å²) < 4.78 is 68.8. The van der Waals surface area contributed by atoms with Gasteiger partial charge in [0.05, 0.1) is 21.2 Å². The van der Waals surface area contributed by atoms with Gasteiger partial charge < -0.3 is 9.82 Å². The van der Waals surface area contributed by atoms with Crippen molar-refractivity contribution in [3.05, 3.63) is 82.4 Å². The summed E-state index contributed by atoms with van der Waals surface area (Å²) in [5.74, 6) is 0. The molecule has 8 nitrogen and oxygen atoms in total. The largest absolute Gasteiger partial charge is 0.416 e. The number of hydrogen-bond acceptors (Lipinski definition) is 6. The molecule has 13 heteroatoms. The number of anilines is 1. The summed E-state index contributed by atoms with van der Waals surface area (Å²) in [6.45, 7) is 3.18. The molecule has 0 fully saturated rings. The number of pyridine rings is 2. The number of aryl methyl sites for hydroxylation is 1. The minimum Gasteiger partial charge on any atom is -0.396 e. The quantitative estimate of drug-likeness (QED) is 0.238. The number of H-pyrrole nitrogens is 1. The molecule has 0 saturated carbocycles. The number of rotatable bonds is 7. The Balaban J connectivity index is 1.84. The molecule has 0 aliphatic heterocycles. The van der Waals surface area contributed by atoms with Crippen molar-refractivity contribution >= 4 is 44.1 Å². The van der Waals surface area contributed by atoms with Gasteiger partial charge in [-0.1, -0.05) is 22.8 Å². The molecule has 0 bridgehead atoms. The summed E-state index contributed by atoms with van der Waals surface area (Å²) in [7, 11) is -4.48. The second kappa shape index (κ2) is 9.78. The molecule has 188 valence electrons. The van der Waals surface area contributed by atoms with Gasteiger partial charge >= 0.3 is 6.18 Å². The van der Waals surface area contributed by atoms with Crippen molar-refractivity contribution in [3.63, 3.8) is 0 Å². The number of nitrogens with zero attached hydrogens (tertiary/aromatic N) is 3. The number of benzene rings is 1. The number of fused-ring (bicyclic) bond motifs is 1. The first-order valence-electron chi connectivity index (χ1n) is 10.5. The lowest BCUT2D eigenvalue weighted by Crippen LogP contribution is -2.19. The van der Waals surface area contributed by atoms with Gasteiger partial charge in [0.15, 0.2) is 0 Å². The van der Waals surface area contributed by atoms with Crippen LogP contribution in [0.3, 0.4) is 0 Å². The van der Waals surface area contributed by atoms with Crippen LogP contribution in [-0.4, -0.2) is 35.7 Å². The van der Waals surface area contributed by atoms with Gasteiger partial charge in [-0.05, 0) is 49.7 Å². The highest BCUT2D eigenvalue weighted by Gasteiger charge is 2.34. The van der Waals surface area contributed by atoms with Crippen LogP contribution >= 0.6 is 11.6 Å². The molecule has 0 radical (unpaired) electrons. The van der Waals surface area contributed by atoms with Gasteiger partial charge in [-0.15, -0.1) is 0 Å². The average Bonchev–Trinajstić information content (AvgIpc) is 3.29. The Labute approximate surface area is 209 Å². The molecule has 3 heterocycles. The Hall–Kier alpha value is -3.64. The van der Waals surface area contributed by atoms with E-state index in [-0.39, 0.29) is 34.3 Å². The molecular weight excluding hydrogens is 519 g/mol. The van der Waals surface area contributed by atoms with Gasteiger partial charge in [0.1, 0.15) is 23.7 Å². The third-order valence-electron chi connectivity index (χ3n) is 5.15. The van der Waals surface area contributed by atoms with Crippen LogP contribution in [0.25, 0.3) is 11.0 Å². The highest BCUT2D eigenvalue weighted by Crippen LogP contribution is 2.34. The molecule has 0 saturated heterocycles. The van der Waals surface area contributed by atoms with E-state index in [1.54, 1.807) is 25.3 Å². The topological polar surface area (TPSA) is 109 Å². The van der Waals surface area contributed by atoms with E-state index >= 15 is 0 Å². The van der Waals surface area contributed by atoms with Gasteiger partial charge in [0.25, 0.3) is 10.0 Å². The maximum atomic E-state index is 13.4. The fourth-order valence-corrected chi connectivity index (χ4v) is 4.74. The second-order valence-electron chi connectivity index (χ2n) is 7.59. The van der Waals surface area contributed by atoms with Crippen molar-refractivity contribution < 1.29 is 26.4 Å². The molecule has 3 aromatic heterocycles. The summed E-state index contributed by atoms with van der Waals surface area (Å²) >= 11 is 6.10. The standard InChI is InChI=1S/C23H19ClF3N5O3S/c1-3-35-31-20(16-6-8-28-22-17(16)7-9-29-22)21-19(10-14(24)12-30-21)32-36(33,34)15-5-4-13(2)18(11-15)23(25,26)27/h4-12,32H,3H2,1-2H3,(H,28,29). The lowest BCUT2D eigenvalue weighted by molar-refractivity contribution is -0.138.